The summed E-state index contributed by atoms with van der Waals surface area (Å²) in [5.41, 5.74) is 7.04. The lowest BCUT2D eigenvalue weighted by molar-refractivity contribution is 0.317. The summed E-state index contributed by atoms with van der Waals surface area (Å²) >= 11 is 0. The van der Waals surface area contributed by atoms with Crippen molar-refractivity contribution >= 4 is 10.0 Å². The van der Waals surface area contributed by atoms with Crippen LogP contribution in [0.1, 0.15) is 24.3 Å². The van der Waals surface area contributed by atoms with E-state index in [0.29, 0.717) is 32.1 Å². The highest BCUT2D eigenvalue weighted by Gasteiger charge is 2.36. The summed E-state index contributed by atoms with van der Waals surface area (Å²) in [7, 11) is -3.17. The predicted octanol–water partition coefficient (Wildman–Crippen LogP) is 0.0672. The van der Waals surface area contributed by atoms with Crippen molar-refractivity contribution in [3.05, 3.63) is 30.1 Å². The average molecular weight is 296 g/mol. The number of rotatable bonds is 3. The molecular weight excluding hydrogens is 276 g/mol. The van der Waals surface area contributed by atoms with E-state index in [1.54, 1.807) is 16.7 Å². The molecule has 7 heteroatoms. The predicted molar refractivity (Wildman–Crippen MR) is 76.5 cm³/mol. The molecule has 0 atom stereocenters. The van der Waals surface area contributed by atoms with Crippen LogP contribution in [-0.4, -0.2) is 49.1 Å². The molecule has 0 saturated carbocycles. The van der Waals surface area contributed by atoms with Gasteiger partial charge in [0.05, 0.1) is 0 Å². The van der Waals surface area contributed by atoms with E-state index in [0.717, 1.165) is 12.8 Å². The smallest absolute Gasteiger partial charge is 0.219 e. The molecule has 3 heterocycles. The molecular formula is C13H20N4O2S. The van der Waals surface area contributed by atoms with E-state index < -0.39 is 10.0 Å². The SMILES string of the molecule is O=S(=O)(C1CNNC1)N1CCC(c2ccncc2)CC1. The maximum atomic E-state index is 12.5. The number of aromatic nitrogens is 1. The Morgan fingerprint density at radius 2 is 1.70 bits per heavy atom. The second kappa shape index (κ2) is 5.77. The van der Waals surface area contributed by atoms with Gasteiger partial charge in [-0.1, -0.05) is 0 Å². The number of pyridine rings is 1. The van der Waals surface area contributed by atoms with Gasteiger partial charge in [0, 0.05) is 38.6 Å². The summed E-state index contributed by atoms with van der Waals surface area (Å²) < 4.78 is 26.6. The first kappa shape index (κ1) is 13.9. The number of nitrogens with zero attached hydrogens (tertiary/aromatic N) is 2. The van der Waals surface area contributed by atoms with Crippen molar-refractivity contribution < 1.29 is 8.42 Å². The molecule has 2 aliphatic rings. The monoisotopic (exact) mass is 296 g/mol. The van der Waals surface area contributed by atoms with Gasteiger partial charge in [0.15, 0.2) is 0 Å². The fraction of sp³-hybridized carbons (Fsp3) is 0.615. The van der Waals surface area contributed by atoms with E-state index in [9.17, 15) is 8.42 Å². The van der Waals surface area contributed by atoms with E-state index in [2.05, 4.69) is 15.8 Å². The van der Waals surface area contributed by atoms with Gasteiger partial charge in [-0.2, -0.15) is 0 Å². The first-order valence-corrected chi connectivity index (χ1v) is 8.53. The van der Waals surface area contributed by atoms with Gasteiger partial charge in [-0.25, -0.2) is 12.7 Å². The summed E-state index contributed by atoms with van der Waals surface area (Å²) in [6.45, 7) is 2.22. The lowest BCUT2D eigenvalue weighted by Gasteiger charge is -2.32. The lowest BCUT2D eigenvalue weighted by Crippen LogP contribution is -2.44. The summed E-state index contributed by atoms with van der Waals surface area (Å²) in [5, 5.41) is -0.333. The number of nitrogens with one attached hydrogen (secondary N) is 2. The highest BCUT2D eigenvalue weighted by Crippen LogP contribution is 2.29. The fourth-order valence-corrected chi connectivity index (χ4v) is 4.67. The lowest BCUT2D eigenvalue weighted by atomic mass is 9.91. The zero-order valence-corrected chi connectivity index (χ0v) is 12.1. The van der Waals surface area contributed by atoms with Gasteiger partial charge >= 0.3 is 0 Å². The van der Waals surface area contributed by atoms with Crippen molar-refractivity contribution in [1.29, 1.82) is 0 Å². The fourth-order valence-electron chi connectivity index (χ4n) is 2.94. The van der Waals surface area contributed by atoms with Crippen molar-refractivity contribution in [2.45, 2.75) is 24.0 Å². The van der Waals surface area contributed by atoms with Gasteiger partial charge in [0.2, 0.25) is 10.0 Å². The maximum absolute atomic E-state index is 12.5. The third kappa shape index (κ3) is 2.71. The minimum absolute atomic E-state index is 0.333. The second-order valence-corrected chi connectivity index (χ2v) is 7.60. The van der Waals surface area contributed by atoms with Gasteiger partial charge in [0.1, 0.15) is 5.25 Å². The number of hydrogen-bond donors (Lipinski definition) is 2. The van der Waals surface area contributed by atoms with Crippen LogP contribution in [0.2, 0.25) is 0 Å². The molecule has 2 saturated heterocycles. The van der Waals surface area contributed by atoms with Crippen LogP contribution in [0.5, 0.6) is 0 Å². The molecule has 2 fully saturated rings. The Morgan fingerprint density at radius 3 is 2.30 bits per heavy atom. The van der Waals surface area contributed by atoms with Crippen LogP contribution in [0.4, 0.5) is 0 Å². The Bertz CT molecular complexity index is 535. The maximum Gasteiger partial charge on any atom is 0.219 e. The molecule has 1 aromatic rings. The van der Waals surface area contributed by atoms with Gasteiger partial charge in [-0.3, -0.25) is 15.8 Å². The Labute approximate surface area is 119 Å². The Hall–Kier alpha value is -1.02. The molecule has 0 bridgehead atoms. The molecule has 0 aromatic carbocycles. The van der Waals surface area contributed by atoms with E-state index >= 15 is 0 Å². The zero-order chi connectivity index (χ0) is 14.0. The minimum atomic E-state index is -3.17. The Balaban J connectivity index is 1.64. The number of sulfonamides is 1. The summed E-state index contributed by atoms with van der Waals surface area (Å²) in [5.74, 6) is 0.448. The van der Waals surface area contributed by atoms with Gasteiger partial charge in [0.25, 0.3) is 0 Å². The van der Waals surface area contributed by atoms with Crippen molar-refractivity contribution in [1.82, 2.24) is 20.1 Å². The quantitative estimate of drug-likeness (QED) is 0.825. The Morgan fingerprint density at radius 1 is 1.10 bits per heavy atom. The first-order chi connectivity index (χ1) is 9.68. The van der Waals surface area contributed by atoms with Gasteiger partial charge in [-0.15, -0.1) is 0 Å². The molecule has 110 valence electrons. The molecule has 0 unspecified atom stereocenters. The standard InChI is InChI=1S/C13H20N4O2S/c18-20(19,13-9-15-16-10-13)17-7-3-12(4-8-17)11-1-5-14-6-2-11/h1-2,5-6,12-13,15-16H,3-4,7-10H2. The van der Waals surface area contributed by atoms with E-state index in [-0.39, 0.29) is 5.25 Å². The van der Waals surface area contributed by atoms with Crippen molar-refractivity contribution in [3.8, 4) is 0 Å². The first-order valence-electron chi connectivity index (χ1n) is 7.02. The molecule has 20 heavy (non-hydrogen) atoms. The number of piperidine rings is 1. The van der Waals surface area contributed by atoms with Crippen LogP contribution in [0, 0.1) is 0 Å². The van der Waals surface area contributed by atoms with E-state index in [1.807, 2.05) is 12.1 Å². The minimum Gasteiger partial charge on any atom is -0.265 e. The molecule has 0 aliphatic carbocycles. The normalized spacial score (nSPS) is 23.2. The molecule has 0 spiro atoms. The molecule has 2 N–H and O–H groups in total. The molecule has 0 radical (unpaired) electrons. The van der Waals surface area contributed by atoms with Crippen molar-refractivity contribution in [2.24, 2.45) is 0 Å². The molecule has 2 aliphatic heterocycles. The van der Waals surface area contributed by atoms with Crippen LogP contribution in [-0.2, 0) is 10.0 Å². The topological polar surface area (TPSA) is 74.3 Å². The summed E-state index contributed by atoms with van der Waals surface area (Å²) in [6, 6.07) is 4.05. The largest absolute Gasteiger partial charge is 0.265 e. The summed E-state index contributed by atoms with van der Waals surface area (Å²) in [6.07, 6.45) is 5.37. The Kier molecular flexibility index (Phi) is 4.02. The third-order valence-corrected chi connectivity index (χ3v) is 6.46. The molecule has 3 rings (SSSR count). The van der Waals surface area contributed by atoms with Gasteiger partial charge < -0.3 is 0 Å². The number of hydrogen-bond acceptors (Lipinski definition) is 5. The van der Waals surface area contributed by atoms with Crippen LogP contribution in [0.25, 0.3) is 0 Å². The van der Waals surface area contributed by atoms with E-state index in [4.69, 9.17) is 0 Å². The average Bonchev–Trinajstić information content (AvgIpc) is 3.03. The van der Waals surface area contributed by atoms with Crippen LogP contribution in [0.15, 0.2) is 24.5 Å². The van der Waals surface area contributed by atoms with Crippen LogP contribution < -0.4 is 10.9 Å². The third-order valence-electron chi connectivity index (χ3n) is 4.20. The van der Waals surface area contributed by atoms with Crippen molar-refractivity contribution in [2.75, 3.05) is 26.2 Å². The zero-order valence-electron chi connectivity index (χ0n) is 11.3. The number of hydrazine groups is 1. The molecule has 1 aromatic heterocycles. The second-order valence-electron chi connectivity index (χ2n) is 5.38. The van der Waals surface area contributed by atoms with E-state index in [1.165, 1.54) is 5.56 Å². The highest BCUT2D eigenvalue weighted by atomic mass is 32.2. The van der Waals surface area contributed by atoms with Gasteiger partial charge in [-0.05, 0) is 36.5 Å². The molecule has 0 amide bonds. The van der Waals surface area contributed by atoms with Crippen molar-refractivity contribution in [3.63, 3.8) is 0 Å². The van der Waals surface area contributed by atoms with Crippen LogP contribution in [0.3, 0.4) is 0 Å². The van der Waals surface area contributed by atoms with Crippen LogP contribution >= 0.6 is 0 Å². The molecule has 6 nitrogen and oxygen atoms in total. The summed E-state index contributed by atoms with van der Waals surface area (Å²) in [4.78, 5) is 4.03. The highest BCUT2D eigenvalue weighted by molar-refractivity contribution is 7.89.